The van der Waals surface area contributed by atoms with Crippen LogP contribution in [0.2, 0.25) is 0 Å². The summed E-state index contributed by atoms with van der Waals surface area (Å²) in [5.74, 6) is 0. The molecular formula is C11H21NO2. The predicted octanol–water partition coefficient (Wildman–Crippen LogP) is 1.81. The van der Waals surface area contributed by atoms with E-state index in [1.807, 2.05) is 0 Å². The molecule has 82 valence electrons. The van der Waals surface area contributed by atoms with Crippen molar-refractivity contribution in [2.24, 2.45) is 0 Å². The molecule has 1 rings (SSSR count). The van der Waals surface area contributed by atoms with Crippen molar-refractivity contribution in [3.05, 3.63) is 0 Å². The molecule has 0 N–H and O–H groups in total. The fourth-order valence-electron chi connectivity index (χ4n) is 1.81. The number of hydrogen-bond donors (Lipinski definition) is 0. The molecular weight excluding hydrogens is 178 g/mol. The molecule has 1 heterocycles. The highest BCUT2D eigenvalue weighted by molar-refractivity contribution is 5.48. The van der Waals surface area contributed by atoms with E-state index in [4.69, 9.17) is 4.74 Å². The van der Waals surface area contributed by atoms with Crippen molar-refractivity contribution in [2.45, 2.75) is 45.3 Å². The Morgan fingerprint density at radius 1 is 1.50 bits per heavy atom. The summed E-state index contributed by atoms with van der Waals surface area (Å²) in [6.07, 6.45) is 6.37. The summed E-state index contributed by atoms with van der Waals surface area (Å²) in [7, 11) is 0. The SMILES string of the molecule is CCCCN1CCOC1CCCC=O. The van der Waals surface area contributed by atoms with Gasteiger partial charge in [-0.2, -0.15) is 0 Å². The second-order valence-electron chi connectivity index (χ2n) is 3.81. The van der Waals surface area contributed by atoms with Gasteiger partial charge in [-0.15, -0.1) is 0 Å². The highest BCUT2D eigenvalue weighted by atomic mass is 16.5. The van der Waals surface area contributed by atoms with Crippen molar-refractivity contribution in [2.75, 3.05) is 19.7 Å². The van der Waals surface area contributed by atoms with Crippen molar-refractivity contribution < 1.29 is 9.53 Å². The van der Waals surface area contributed by atoms with E-state index >= 15 is 0 Å². The minimum Gasteiger partial charge on any atom is -0.362 e. The topological polar surface area (TPSA) is 29.5 Å². The molecule has 0 aliphatic carbocycles. The van der Waals surface area contributed by atoms with Crippen LogP contribution in [0.15, 0.2) is 0 Å². The molecule has 3 nitrogen and oxygen atoms in total. The van der Waals surface area contributed by atoms with E-state index in [0.717, 1.165) is 38.8 Å². The van der Waals surface area contributed by atoms with Gasteiger partial charge in [0.25, 0.3) is 0 Å². The molecule has 1 unspecified atom stereocenters. The van der Waals surface area contributed by atoms with Crippen LogP contribution in [0.4, 0.5) is 0 Å². The number of carbonyl (C=O) groups excluding carboxylic acids is 1. The molecule has 0 aromatic rings. The molecule has 0 aromatic heterocycles. The molecule has 0 spiro atoms. The first kappa shape index (κ1) is 11.7. The Hall–Kier alpha value is -0.410. The highest BCUT2D eigenvalue weighted by Crippen LogP contribution is 2.16. The molecule has 0 bridgehead atoms. The van der Waals surface area contributed by atoms with Gasteiger partial charge in [0.05, 0.1) is 6.61 Å². The van der Waals surface area contributed by atoms with Gasteiger partial charge in [-0.25, -0.2) is 0 Å². The summed E-state index contributed by atoms with van der Waals surface area (Å²) in [5, 5.41) is 0. The summed E-state index contributed by atoms with van der Waals surface area (Å²) in [6, 6.07) is 0. The first-order valence-corrected chi connectivity index (χ1v) is 5.67. The summed E-state index contributed by atoms with van der Waals surface area (Å²) < 4.78 is 5.62. The Morgan fingerprint density at radius 2 is 2.36 bits per heavy atom. The second kappa shape index (κ2) is 6.96. The normalized spacial score (nSPS) is 22.8. The number of hydrogen-bond acceptors (Lipinski definition) is 3. The van der Waals surface area contributed by atoms with Crippen LogP contribution in [0.25, 0.3) is 0 Å². The zero-order chi connectivity index (χ0) is 10.2. The highest BCUT2D eigenvalue weighted by Gasteiger charge is 2.23. The van der Waals surface area contributed by atoms with Gasteiger partial charge in [0.1, 0.15) is 12.5 Å². The average Bonchev–Trinajstić information content (AvgIpc) is 2.63. The van der Waals surface area contributed by atoms with Crippen LogP contribution in [0.1, 0.15) is 39.0 Å². The van der Waals surface area contributed by atoms with Gasteiger partial charge in [-0.1, -0.05) is 13.3 Å². The predicted molar refractivity (Wildman–Crippen MR) is 56.1 cm³/mol. The third kappa shape index (κ3) is 3.76. The van der Waals surface area contributed by atoms with Crippen molar-refractivity contribution in [3.63, 3.8) is 0 Å². The number of nitrogens with zero attached hydrogens (tertiary/aromatic N) is 1. The number of unbranched alkanes of at least 4 members (excludes halogenated alkanes) is 2. The lowest BCUT2D eigenvalue weighted by molar-refractivity contribution is -0.108. The summed E-state index contributed by atoms with van der Waals surface area (Å²) in [6.45, 7) is 5.27. The van der Waals surface area contributed by atoms with Gasteiger partial charge in [0.15, 0.2) is 0 Å². The number of ether oxygens (including phenoxy) is 1. The second-order valence-corrected chi connectivity index (χ2v) is 3.81. The third-order valence-electron chi connectivity index (χ3n) is 2.67. The zero-order valence-electron chi connectivity index (χ0n) is 9.08. The monoisotopic (exact) mass is 199 g/mol. The minimum absolute atomic E-state index is 0.279. The largest absolute Gasteiger partial charge is 0.362 e. The first-order valence-electron chi connectivity index (χ1n) is 5.67. The fraction of sp³-hybridized carbons (Fsp3) is 0.909. The maximum absolute atomic E-state index is 10.2. The van der Waals surface area contributed by atoms with E-state index in [-0.39, 0.29) is 6.23 Å². The van der Waals surface area contributed by atoms with Gasteiger partial charge in [-0.3, -0.25) is 4.90 Å². The van der Waals surface area contributed by atoms with Gasteiger partial charge < -0.3 is 9.53 Å². The summed E-state index contributed by atoms with van der Waals surface area (Å²) in [5.41, 5.74) is 0. The van der Waals surface area contributed by atoms with Crippen LogP contribution in [0, 0.1) is 0 Å². The van der Waals surface area contributed by atoms with Gasteiger partial charge in [0.2, 0.25) is 0 Å². The minimum atomic E-state index is 0.279. The van der Waals surface area contributed by atoms with E-state index in [0.29, 0.717) is 6.42 Å². The smallest absolute Gasteiger partial charge is 0.119 e. The Morgan fingerprint density at radius 3 is 3.07 bits per heavy atom. The Labute approximate surface area is 86.4 Å². The third-order valence-corrected chi connectivity index (χ3v) is 2.67. The first-order chi connectivity index (χ1) is 6.88. The van der Waals surface area contributed by atoms with Crippen LogP contribution in [-0.4, -0.2) is 37.1 Å². The van der Waals surface area contributed by atoms with E-state index in [1.54, 1.807) is 0 Å². The molecule has 0 amide bonds. The van der Waals surface area contributed by atoms with E-state index in [2.05, 4.69) is 11.8 Å². The standard InChI is InChI=1S/C11H21NO2/c1-2-3-7-12-8-10-14-11(12)6-4-5-9-13/h9,11H,2-8,10H2,1H3. The molecule has 14 heavy (non-hydrogen) atoms. The van der Waals surface area contributed by atoms with Gasteiger partial charge >= 0.3 is 0 Å². The van der Waals surface area contributed by atoms with Crippen LogP contribution in [-0.2, 0) is 9.53 Å². The molecule has 1 fully saturated rings. The average molecular weight is 199 g/mol. The molecule has 0 saturated carbocycles. The summed E-state index contributed by atoms with van der Waals surface area (Å²) >= 11 is 0. The van der Waals surface area contributed by atoms with Gasteiger partial charge in [0, 0.05) is 19.5 Å². The van der Waals surface area contributed by atoms with E-state index < -0.39 is 0 Å². The Balaban J connectivity index is 2.17. The molecule has 1 saturated heterocycles. The molecule has 1 atom stereocenters. The number of rotatable bonds is 7. The van der Waals surface area contributed by atoms with E-state index in [1.165, 1.54) is 12.8 Å². The quantitative estimate of drug-likeness (QED) is 0.462. The lowest BCUT2D eigenvalue weighted by Crippen LogP contribution is -2.31. The van der Waals surface area contributed by atoms with Crippen LogP contribution < -0.4 is 0 Å². The van der Waals surface area contributed by atoms with Crippen LogP contribution in [0.3, 0.4) is 0 Å². The molecule has 3 heteroatoms. The molecule has 1 aliphatic rings. The summed E-state index contributed by atoms with van der Waals surface area (Å²) in [4.78, 5) is 12.6. The van der Waals surface area contributed by atoms with Crippen LogP contribution in [0.5, 0.6) is 0 Å². The van der Waals surface area contributed by atoms with Crippen molar-refractivity contribution in [1.29, 1.82) is 0 Å². The Kier molecular flexibility index (Phi) is 5.80. The van der Waals surface area contributed by atoms with Crippen molar-refractivity contribution in [3.8, 4) is 0 Å². The fourth-order valence-corrected chi connectivity index (χ4v) is 1.81. The maximum Gasteiger partial charge on any atom is 0.119 e. The number of carbonyl (C=O) groups is 1. The lowest BCUT2D eigenvalue weighted by atomic mass is 10.2. The number of aldehydes is 1. The lowest BCUT2D eigenvalue weighted by Gasteiger charge is -2.22. The Bertz CT molecular complexity index is 161. The zero-order valence-corrected chi connectivity index (χ0v) is 9.08. The molecule has 0 aromatic carbocycles. The van der Waals surface area contributed by atoms with E-state index in [9.17, 15) is 4.79 Å². The molecule has 0 radical (unpaired) electrons. The maximum atomic E-state index is 10.2. The van der Waals surface area contributed by atoms with Gasteiger partial charge in [-0.05, 0) is 19.3 Å². The molecule has 1 aliphatic heterocycles. The van der Waals surface area contributed by atoms with Crippen LogP contribution >= 0.6 is 0 Å². The van der Waals surface area contributed by atoms with Crippen molar-refractivity contribution in [1.82, 2.24) is 4.90 Å². The van der Waals surface area contributed by atoms with Crippen molar-refractivity contribution >= 4 is 6.29 Å².